The van der Waals surface area contributed by atoms with Gasteiger partial charge in [-0.25, -0.2) is 9.97 Å². The molecule has 0 N–H and O–H groups in total. The van der Waals surface area contributed by atoms with Gasteiger partial charge in [-0.15, -0.1) is 0 Å². The minimum atomic E-state index is 0.609. The molecule has 30 heavy (non-hydrogen) atoms. The van der Waals surface area contributed by atoms with Crippen molar-refractivity contribution in [2.75, 3.05) is 0 Å². The van der Waals surface area contributed by atoms with Crippen molar-refractivity contribution in [3.05, 3.63) is 90.2 Å². The number of hydrogen-bond donors (Lipinski definition) is 0. The zero-order valence-electron chi connectivity index (χ0n) is 16.1. The quantitative estimate of drug-likeness (QED) is 0.389. The first-order valence-corrected chi connectivity index (χ1v) is 10.2. The number of rotatable bonds is 4. The summed E-state index contributed by atoms with van der Waals surface area (Å²) >= 11 is 5.94. The van der Waals surface area contributed by atoms with Gasteiger partial charge in [-0.1, -0.05) is 36.4 Å². The van der Waals surface area contributed by atoms with E-state index >= 15 is 0 Å². The van der Waals surface area contributed by atoms with Crippen molar-refractivity contribution < 1.29 is 0 Å². The number of fused-ring (bicyclic) bond motifs is 3. The molecule has 6 rings (SSSR count). The maximum absolute atomic E-state index is 5.94. The molecule has 0 aliphatic rings. The first kappa shape index (κ1) is 17.2. The van der Waals surface area contributed by atoms with E-state index in [1.807, 2.05) is 49.1 Å². The van der Waals surface area contributed by atoms with Crippen LogP contribution in [0.4, 0.5) is 0 Å². The normalized spacial score (nSPS) is 11.7. The summed E-state index contributed by atoms with van der Waals surface area (Å²) in [6, 6.07) is 24.6. The molecule has 0 fully saturated rings. The maximum Gasteiger partial charge on any atom is 0.183 e. The number of aromatic nitrogens is 6. The second-order valence-corrected chi connectivity index (χ2v) is 7.68. The Balaban J connectivity index is 1.49. The lowest BCUT2D eigenvalue weighted by Gasteiger charge is -2.08. The second-order valence-electron chi connectivity index (χ2n) is 7.32. The molecule has 0 spiro atoms. The van der Waals surface area contributed by atoms with Gasteiger partial charge in [0.2, 0.25) is 0 Å². The van der Waals surface area contributed by atoms with E-state index in [2.05, 4.69) is 64.6 Å². The molecule has 3 aromatic carbocycles. The van der Waals surface area contributed by atoms with Crippen molar-refractivity contribution in [1.29, 1.82) is 0 Å². The fourth-order valence-electron chi connectivity index (χ4n) is 4.10. The predicted molar refractivity (Wildman–Crippen MR) is 121 cm³/mol. The molecule has 0 aliphatic heterocycles. The summed E-state index contributed by atoms with van der Waals surface area (Å²) in [6.45, 7) is 1.22. The molecule has 0 radical (unpaired) electrons. The van der Waals surface area contributed by atoms with Gasteiger partial charge < -0.3 is 9.13 Å². The molecule has 3 heterocycles. The summed E-state index contributed by atoms with van der Waals surface area (Å²) in [5, 5.41) is 0. The third kappa shape index (κ3) is 2.59. The summed E-state index contributed by atoms with van der Waals surface area (Å²) < 4.78 is 9.37. The summed E-state index contributed by atoms with van der Waals surface area (Å²) in [5.74, 6) is 0. The third-order valence-electron chi connectivity index (χ3n) is 5.57. The highest BCUT2D eigenvalue weighted by Gasteiger charge is 2.13. The van der Waals surface area contributed by atoms with Crippen LogP contribution in [0.15, 0.2) is 85.5 Å². The number of imidazole rings is 3. The van der Waals surface area contributed by atoms with Crippen molar-refractivity contribution in [2.45, 2.75) is 13.3 Å². The first-order chi connectivity index (χ1) is 14.8. The van der Waals surface area contributed by atoms with Gasteiger partial charge in [-0.2, -0.15) is 0 Å². The van der Waals surface area contributed by atoms with Crippen LogP contribution in [0.25, 0.3) is 33.1 Å². The highest BCUT2D eigenvalue weighted by molar-refractivity contribution is 7.71. The van der Waals surface area contributed by atoms with Gasteiger partial charge in [0.1, 0.15) is 13.3 Å². The van der Waals surface area contributed by atoms with E-state index in [-0.39, 0.29) is 0 Å². The van der Waals surface area contributed by atoms with Crippen LogP contribution < -0.4 is 0 Å². The molecule has 7 heteroatoms. The van der Waals surface area contributed by atoms with Crippen LogP contribution in [0.3, 0.4) is 0 Å². The average Bonchev–Trinajstić information content (AvgIpc) is 3.46. The van der Waals surface area contributed by atoms with E-state index in [1.165, 1.54) is 0 Å². The Hall–Kier alpha value is -3.71. The lowest BCUT2D eigenvalue weighted by molar-refractivity contribution is 0.577. The van der Waals surface area contributed by atoms with E-state index in [9.17, 15) is 0 Å². The van der Waals surface area contributed by atoms with E-state index in [4.69, 9.17) is 12.2 Å². The Morgan fingerprint density at radius 2 is 0.967 bits per heavy atom. The van der Waals surface area contributed by atoms with Crippen LogP contribution in [-0.4, -0.2) is 28.2 Å². The standard InChI is InChI=1S/C23H18N6S/c30-23-28(15-26-13-24-17-7-1-3-9-19(17)26)21-11-5-6-12-22(21)29(23)16-27-14-25-18-8-2-4-10-20(18)27/h1-14H,15-16H2. The largest absolute Gasteiger partial charge is 0.312 e. The van der Waals surface area contributed by atoms with Crippen LogP contribution in [0.5, 0.6) is 0 Å². The molecule has 3 aromatic heterocycles. The van der Waals surface area contributed by atoms with Gasteiger partial charge in [-0.3, -0.25) is 9.13 Å². The van der Waals surface area contributed by atoms with Crippen LogP contribution in [0.2, 0.25) is 0 Å². The molecule has 0 unspecified atom stereocenters. The van der Waals surface area contributed by atoms with Gasteiger partial charge in [0.05, 0.1) is 45.8 Å². The van der Waals surface area contributed by atoms with Crippen LogP contribution in [0, 0.1) is 4.77 Å². The van der Waals surface area contributed by atoms with Crippen molar-refractivity contribution in [3.63, 3.8) is 0 Å². The lowest BCUT2D eigenvalue weighted by Crippen LogP contribution is -2.10. The van der Waals surface area contributed by atoms with Gasteiger partial charge >= 0.3 is 0 Å². The molecule has 0 amide bonds. The highest BCUT2D eigenvalue weighted by atomic mass is 32.1. The first-order valence-electron chi connectivity index (χ1n) is 9.77. The van der Waals surface area contributed by atoms with Crippen molar-refractivity contribution >= 4 is 45.3 Å². The van der Waals surface area contributed by atoms with Gasteiger partial charge in [0, 0.05) is 0 Å². The molecule has 0 aliphatic carbocycles. The number of nitrogens with zero attached hydrogens (tertiary/aromatic N) is 6. The lowest BCUT2D eigenvalue weighted by atomic mass is 10.3. The molecule has 0 saturated heterocycles. The molecule has 6 nitrogen and oxygen atoms in total. The number of benzene rings is 3. The minimum absolute atomic E-state index is 0.609. The zero-order valence-corrected chi connectivity index (χ0v) is 16.9. The van der Waals surface area contributed by atoms with Crippen molar-refractivity contribution in [2.24, 2.45) is 0 Å². The Kier molecular flexibility index (Phi) is 3.82. The summed E-state index contributed by atoms with van der Waals surface area (Å²) in [6.07, 6.45) is 3.75. The Morgan fingerprint density at radius 3 is 1.43 bits per heavy atom. The van der Waals surface area contributed by atoms with E-state index in [0.29, 0.717) is 13.3 Å². The summed E-state index contributed by atoms with van der Waals surface area (Å²) in [7, 11) is 0. The van der Waals surface area contributed by atoms with Crippen LogP contribution >= 0.6 is 12.2 Å². The second kappa shape index (κ2) is 6.67. The van der Waals surface area contributed by atoms with Gasteiger partial charge in [0.15, 0.2) is 4.77 Å². The van der Waals surface area contributed by atoms with Crippen molar-refractivity contribution in [3.8, 4) is 0 Å². The zero-order chi connectivity index (χ0) is 20.1. The molecule has 0 bridgehead atoms. The maximum atomic E-state index is 5.94. The minimum Gasteiger partial charge on any atom is -0.312 e. The predicted octanol–water partition coefficient (Wildman–Crippen LogP) is 4.88. The molecule has 146 valence electrons. The fraction of sp³-hybridized carbons (Fsp3) is 0.0870. The van der Waals surface area contributed by atoms with E-state index in [0.717, 1.165) is 37.9 Å². The Labute approximate surface area is 177 Å². The van der Waals surface area contributed by atoms with Crippen LogP contribution in [-0.2, 0) is 13.3 Å². The van der Waals surface area contributed by atoms with Gasteiger partial charge in [-0.05, 0) is 48.6 Å². The topological polar surface area (TPSA) is 45.5 Å². The molecule has 0 atom stereocenters. The highest BCUT2D eigenvalue weighted by Crippen LogP contribution is 2.21. The SMILES string of the molecule is S=c1n(Cn2cnc3ccccc32)c2ccccc2n1Cn1cnc2ccccc21. The third-order valence-corrected chi connectivity index (χ3v) is 6.01. The monoisotopic (exact) mass is 410 g/mol. The number of hydrogen-bond acceptors (Lipinski definition) is 3. The molecule has 0 saturated carbocycles. The van der Waals surface area contributed by atoms with Crippen molar-refractivity contribution in [1.82, 2.24) is 28.2 Å². The Morgan fingerprint density at radius 1 is 0.567 bits per heavy atom. The fourth-order valence-corrected chi connectivity index (χ4v) is 4.41. The van der Waals surface area contributed by atoms with Gasteiger partial charge in [0.25, 0.3) is 0 Å². The average molecular weight is 411 g/mol. The number of para-hydroxylation sites is 6. The van der Waals surface area contributed by atoms with E-state index < -0.39 is 0 Å². The summed E-state index contributed by atoms with van der Waals surface area (Å²) in [5.41, 5.74) is 6.36. The molecule has 6 aromatic rings. The Bertz CT molecular complexity index is 1470. The van der Waals surface area contributed by atoms with E-state index in [1.54, 1.807) is 0 Å². The smallest absolute Gasteiger partial charge is 0.183 e. The molecular weight excluding hydrogens is 392 g/mol. The molecular formula is C23H18N6S. The van der Waals surface area contributed by atoms with Crippen LogP contribution in [0.1, 0.15) is 0 Å². The summed E-state index contributed by atoms with van der Waals surface area (Å²) in [4.78, 5) is 9.05.